The first-order valence-corrected chi connectivity index (χ1v) is 8.78. The minimum atomic E-state index is -3.54. The molecule has 2 heterocycles. The first-order chi connectivity index (χ1) is 10.1. The van der Waals surface area contributed by atoms with E-state index in [1.807, 2.05) is 17.5 Å². The molecule has 0 fully saturated rings. The SMILES string of the molecule is CN(Cc1cccs1)S(=O)(=O)c1ccc2c(c1)OCCO2. The number of thiophene rings is 1. The largest absolute Gasteiger partial charge is 0.486 e. The number of hydrogen-bond acceptors (Lipinski definition) is 5. The molecule has 1 aliphatic rings. The Bertz CT molecular complexity index is 725. The van der Waals surface area contributed by atoms with Gasteiger partial charge in [-0.15, -0.1) is 11.3 Å². The summed E-state index contributed by atoms with van der Waals surface area (Å²) < 4.78 is 37.3. The monoisotopic (exact) mass is 325 g/mol. The zero-order chi connectivity index (χ0) is 14.9. The van der Waals surface area contributed by atoms with Crippen molar-refractivity contribution in [2.45, 2.75) is 11.4 Å². The van der Waals surface area contributed by atoms with E-state index in [1.54, 1.807) is 19.2 Å². The van der Waals surface area contributed by atoms with Gasteiger partial charge in [0.2, 0.25) is 10.0 Å². The number of ether oxygens (including phenoxy) is 2. The predicted octanol–water partition coefficient (Wildman–Crippen LogP) is 2.34. The van der Waals surface area contributed by atoms with Gasteiger partial charge in [-0.2, -0.15) is 4.31 Å². The normalized spacial score (nSPS) is 14.4. The Hall–Kier alpha value is -1.57. The quantitative estimate of drug-likeness (QED) is 0.866. The summed E-state index contributed by atoms with van der Waals surface area (Å²) in [6.07, 6.45) is 0. The van der Waals surface area contributed by atoms with E-state index in [0.717, 1.165) is 4.88 Å². The van der Waals surface area contributed by atoms with E-state index >= 15 is 0 Å². The molecule has 0 saturated heterocycles. The topological polar surface area (TPSA) is 55.8 Å². The van der Waals surface area contributed by atoms with E-state index in [-0.39, 0.29) is 4.90 Å². The molecule has 112 valence electrons. The third kappa shape index (κ3) is 2.90. The number of nitrogens with zero attached hydrogens (tertiary/aromatic N) is 1. The van der Waals surface area contributed by atoms with Crippen LogP contribution in [0.2, 0.25) is 0 Å². The lowest BCUT2D eigenvalue weighted by Crippen LogP contribution is -2.26. The van der Waals surface area contributed by atoms with Crippen molar-refractivity contribution in [3.8, 4) is 11.5 Å². The number of fused-ring (bicyclic) bond motifs is 1. The lowest BCUT2D eigenvalue weighted by molar-refractivity contribution is 0.171. The van der Waals surface area contributed by atoms with Crippen LogP contribution >= 0.6 is 11.3 Å². The zero-order valence-electron chi connectivity index (χ0n) is 11.5. The highest BCUT2D eigenvalue weighted by atomic mass is 32.2. The van der Waals surface area contributed by atoms with E-state index < -0.39 is 10.0 Å². The number of hydrogen-bond donors (Lipinski definition) is 0. The molecule has 1 aliphatic heterocycles. The van der Waals surface area contributed by atoms with E-state index in [0.29, 0.717) is 31.3 Å². The van der Waals surface area contributed by atoms with Crippen LogP contribution in [0.25, 0.3) is 0 Å². The molecular formula is C14H15NO4S2. The minimum Gasteiger partial charge on any atom is -0.486 e. The van der Waals surface area contributed by atoms with Crippen LogP contribution in [0.4, 0.5) is 0 Å². The van der Waals surface area contributed by atoms with Crippen LogP contribution in [0.15, 0.2) is 40.6 Å². The van der Waals surface area contributed by atoms with E-state index in [9.17, 15) is 8.42 Å². The van der Waals surface area contributed by atoms with Gasteiger partial charge in [0.15, 0.2) is 11.5 Å². The Labute approximate surface area is 127 Å². The summed E-state index contributed by atoms with van der Waals surface area (Å²) in [6, 6.07) is 8.54. The standard InChI is InChI=1S/C14H15NO4S2/c1-15(10-11-3-2-8-20-11)21(16,17)12-4-5-13-14(9-12)19-7-6-18-13/h2-5,8-9H,6-7,10H2,1H3. The molecule has 0 bridgehead atoms. The second-order valence-electron chi connectivity index (χ2n) is 4.65. The van der Waals surface area contributed by atoms with Crippen LogP contribution in [0.5, 0.6) is 11.5 Å². The van der Waals surface area contributed by atoms with Gasteiger partial charge in [-0.1, -0.05) is 6.07 Å². The molecule has 0 radical (unpaired) electrons. The average Bonchev–Trinajstić information content (AvgIpc) is 2.99. The highest BCUT2D eigenvalue weighted by molar-refractivity contribution is 7.89. The summed E-state index contributed by atoms with van der Waals surface area (Å²) >= 11 is 1.53. The summed E-state index contributed by atoms with van der Waals surface area (Å²) in [4.78, 5) is 1.21. The Morgan fingerprint density at radius 1 is 1.19 bits per heavy atom. The molecule has 0 amide bonds. The zero-order valence-corrected chi connectivity index (χ0v) is 13.1. The van der Waals surface area contributed by atoms with Crippen molar-refractivity contribution in [1.82, 2.24) is 4.31 Å². The van der Waals surface area contributed by atoms with Crippen LogP contribution in [0.3, 0.4) is 0 Å². The fourth-order valence-electron chi connectivity index (χ4n) is 2.07. The summed E-state index contributed by atoms with van der Waals surface area (Å²) in [5.74, 6) is 1.06. The van der Waals surface area contributed by atoms with E-state index in [1.165, 1.54) is 21.7 Å². The van der Waals surface area contributed by atoms with Gasteiger partial charge in [0.25, 0.3) is 0 Å². The lowest BCUT2D eigenvalue weighted by atomic mass is 10.3. The Morgan fingerprint density at radius 3 is 2.67 bits per heavy atom. The molecular weight excluding hydrogens is 310 g/mol. The smallest absolute Gasteiger partial charge is 0.243 e. The summed E-state index contributed by atoms with van der Waals surface area (Å²) in [7, 11) is -1.97. The van der Waals surface area contributed by atoms with Crippen molar-refractivity contribution in [3.05, 3.63) is 40.6 Å². The minimum absolute atomic E-state index is 0.214. The molecule has 5 nitrogen and oxygen atoms in total. The summed E-state index contributed by atoms with van der Waals surface area (Å²) in [5.41, 5.74) is 0. The Balaban J connectivity index is 1.87. The first-order valence-electron chi connectivity index (χ1n) is 6.46. The Kier molecular flexibility index (Phi) is 3.88. The molecule has 3 rings (SSSR count). The molecule has 0 unspecified atom stereocenters. The molecule has 0 aliphatic carbocycles. The van der Waals surface area contributed by atoms with Crippen molar-refractivity contribution in [3.63, 3.8) is 0 Å². The fraction of sp³-hybridized carbons (Fsp3) is 0.286. The fourth-order valence-corrected chi connectivity index (χ4v) is 4.07. The number of sulfonamides is 1. The second kappa shape index (κ2) is 5.67. The van der Waals surface area contributed by atoms with Crippen molar-refractivity contribution < 1.29 is 17.9 Å². The molecule has 7 heteroatoms. The van der Waals surface area contributed by atoms with E-state index in [2.05, 4.69) is 0 Å². The Morgan fingerprint density at radius 2 is 1.95 bits per heavy atom. The molecule has 2 aromatic rings. The van der Waals surface area contributed by atoms with Crippen molar-refractivity contribution in [2.24, 2.45) is 0 Å². The van der Waals surface area contributed by atoms with Gasteiger partial charge in [-0.3, -0.25) is 0 Å². The highest BCUT2D eigenvalue weighted by Crippen LogP contribution is 2.33. The van der Waals surface area contributed by atoms with Crippen molar-refractivity contribution >= 4 is 21.4 Å². The highest BCUT2D eigenvalue weighted by Gasteiger charge is 2.24. The van der Waals surface area contributed by atoms with Crippen LogP contribution in [-0.4, -0.2) is 33.0 Å². The van der Waals surface area contributed by atoms with Crippen LogP contribution in [0, 0.1) is 0 Å². The molecule has 1 aromatic carbocycles. The summed E-state index contributed by atoms with van der Waals surface area (Å²) in [6.45, 7) is 1.27. The van der Waals surface area contributed by atoms with Crippen LogP contribution < -0.4 is 9.47 Å². The maximum absolute atomic E-state index is 12.6. The molecule has 0 N–H and O–H groups in total. The molecule has 1 aromatic heterocycles. The third-order valence-electron chi connectivity index (χ3n) is 3.18. The average molecular weight is 325 g/mol. The lowest BCUT2D eigenvalue weighted by Gasteiger charge is -2.21. The predicted molar refractivity (Wildman–Crippen MR) is 80.4 cm³/mol. The van der Waals surface area contributed by atoms with Gasteiger partial charge in [-0.05, 0) is 23.6 Å². The van der Waals surface area contributed by atoms with Gasteiger partial charge >= 0.3 is 0 Å². The second-order valence-corrected chi connectivity index (χ2v) is 7.72. The molecule has 21 heavy (non-hydrogen) atoms. The first kappa shape index (κ1) is 14.4. The van der Waals surface area contributed by atoms with Gasteiger partial charge in [0.05, 0.1) is 4.90 Å². The molecule has 0 atom stereocenters. The van der Waals surface area contributed by atoms with Gasteiger partial charge in [0.1, 0.15) is 13.2 Å². The summed E-state index contributed by atoms with van der Waals surface area (Å²) in [5, 5.41) is 1.93. The van der Waals surface area contributed by atoms with Gasteiger partial charge < -0.3 is 9.47 Å². The number of benzene rings is 1. The maximum atomic E-state index is 12.6. The molecule has 0 saturated carbocycles. The molecule has 0 spiro atoms. The third-order valence-corrected chi connectivity index (χ3v) is 5.84. The van der Waals surface area contributed by atoms with Crippen molar-refractivity contribution in [1.29, 1.82) is 0 Å². The van der Waals surface area contributed by atoms with Crippen LogP contribution in [0.1, 0.15) is 4.88 Å². The van der Waals surface area contributed by atoms with Gasteiger partial charge in [0, 0.05) is 24.5 Å². The van der Waals surface area contributed by atoms with E-state index in [4.69, 9.17) is 9.47 Å². The van der Waals surface area contributed by atoms with Crippen LogP contribution in [-0.2, 0) is 16.6 Å². The number of rotatable bonds is 4. The van der Waals surface area contributed by atoms with Crippen molar-refractivity contribution in [2.75, 3.05) is 20.3 Å². The maximum Gasteiger partial charge on any atom is 0.243 e. The van der Waals surface area contributed by atoms with Gasteiger partial charge in [-0.25, -0.2) is 8.42 Å².